The van der Waals surface area contributed by atoms with Crippen LogP contribution in [0.5, 0.6) is 11.5 Å². The fraction of sp³-hybridized carbons (Fsp3) is 0.368. The molecule has 1 saturated carbocycles. The lowest BCUT2D eigenvalue weighted by atomic mass is 9.85. The number of rotatable bonds is 1. The second kappa shape index (κ2) is 4.50. The summed E-state index contributed by atoms with van der Waals surface area (Å²) in [7, 11) is 0. The predicted octanol–water partition coefficient (Wildman–Crippen LogP) is 2.67. The molecule has 2 aliphatic heterocycles. The molecule has 1 saturated heterocycles. The first-order valence-electron chi connectivity index (χ1n) is 8.21. The summed E-state index contributed by atoms with van der Waals surface area (Å²) < 4.78 is 10.7. The van der Waals surface area contributed by atoms with Crippen molar-refractivity contribution in [3.8, 4) is 11.5 Å². The van der Waals surface area contributed by atoms with E-state index >= 15 is 0 Å². The maximum atomic E-state index is 13.0. The summed E-state index contributed by atoms with van der Waals surface area (Å²) in [6.45, 7) is 4.30. The molecule has 2 aliphatic carbocycles. The Kier molecular flexibility index (Phi) is 2.59. The van der Waals surface area contributed by atoms with E-state index in [1.54, 1.807) is 18.2 Å². The van der Waals surface area contributed by atoms with E-state index in [2.05, 4.69) is 26.0 Å². The summed E-state index contributed by atoms with van der Waals surface area (Å²) in [5.41, 5.74) is 3.05. The number of amides is 2. The Bertz CT molecular complexity index is 815. The molecule has 5 heteroatoms. The van der Waals surface area contributed by atoms with E-state index in [-0.39, 0.29) is 42.3 Å². The highest BCUT2D eigenvalue weighted by Crippen LogP contribution is 2.57. The minimum atomic E-state index is -0.261. The van der Waals surface area contributed by atoms with Gasteiger partial charge >= 0.3 is 0 Å². The van der Waals surface area contributed by atoms with Gasteiger partial charge in [0.1, 0.15) is 0 Å². The summed E-state index contributed by atoms with van der Waals surface area (Å²) in [4.78, 5) is 27.4. The molecule has 0 aromatic heterocycles. The number of benzene rings is 1. The van der Waals surface area contributed by atoms with Gasteiger partial charge in [0, 0.05) is 17.9 Å². The summed E-state index contributed by atoms with van der Waals surface area (Å²) in [5.74, 6) is 0.647. The van der Waals surface area contributed by atoms with Crippen molar-refractivity contribution in [3.05, 3.63) is 41.5 Å². The number of anilines is 1. The van der Waals surface area contributed by atoms with Crippen LogP contribution in [0.3, 0.4) is 0 Å². The Hall–Kier alpha value is -2.56. The topological polar surface area (TPSA) is 55.8 Å². The fourth-order valence-corrected chi connectivity index (χ4v) is 4.71. The van der Waals surface area contributed by atoms with E-state index in [0.29, 0.717) is 17.2 Å². The number of carbonyl (C=O) groups excluding carboxylic acids is 2. The first-order valence-corrected chi connectivity index (χ1v) is 8.21. The third-order valence-corrected chi connectivity index (χ3v) is 5.61. The maximum Gasteiger partial charge on any atom is 0.238 e. The van der Waals surface area contributed by atoms with Gasteiger partial charge in [-0.05, 0) is 26.0 Å². The number of ether oxygens (including phenoxy) is 2. The smallest absolute Gasteiger partial charge is 0.238 e. The maximum absolute atomic E-state index is 13.0. The average molecular weight is 323 g/mol. The van der Waals surface area contributed by atoms with Crippen LogP contribution in [-0.2, 0) is 9.59 Å². The van der Waals surface area contributed by atoms with Crippen molar-refractivity contribution in [2.24, 2.45) is 23.7 Å². The number of allylic oxidation sites excluding steroid dienone is 4. The molecule has 1 aromatic rings. The third kappa shape index (κ3) is 1.54. The lowest BCUT2D eigenvalue weighted by molar-refractivity contribution is -0.122. The Labute approximate surface area is 139 Å². The lowest BCUT2D eigenvalue weighted by Crippen LogP contribution is -2.33. The molecule has 24 heavy (non-hydrogen) atoms. The first-order chi connectivity index (χ1) is 11.6. The van der Waals surface area contributed by atoms with Gasteiger partial charge in [0.2, 0.25) is 18.6 Å². The van der Waals surface area contributed by atoms with Crippen LogP contribution in [0.4, 0.5) is 5.69 Å². The Morgan fingerprint density at radius 3 is 2.25 bits per heavy atom. The van der Waals surface area contributed by atoms with Crippen molar-refractivity contribution < 1.29 is 19.1 Å². The lowest BCUT2D eigenvalue weighted by Gasteiger charge is -2.19. The molecular weight excluding hydrogens is 306 g/mol. The van der Waals surface area contributed by atoms with Crippen molar-refractivity contribution >= 4 is 17.5 Å². The van der Waals surface area contributed by atoms with Crippen LogP contribution in [0, 0.1) is 23.7 Å². The molecule has 122 valence electrons. The summed E-state index contributed by atoms with van der Waals surface area (Å²) in [6.07, 6.45) is 4.20. The quantitative estimate of drug-likeness (QED) is 0.589. The molecule has 0 unspecified atom stereocenters. The Morgan fingerprint density at radius 2 is 1.62 bits per heavy atom. The second-order valence-electron chi connectivity index (χ2n) is 6.99. The summed E-state index contributed by atoms with van der Waals surface area (Å²) in [6, 6.07) is 5.22. The van der Waals surface area contributed by atoms with E-state index in [1.165, 1.54) is 16.0 Å². The van der Waals surface area contributed by atoms with Crippen LogP contribution in [-0.4, -0.2) is 18.6 Å². The van der Waals surface area contributed by atoms with Gasteiger partial charge in [-0.2, -0.15) is 0 Å². The number of carbonyl (C=O) groups is 2. The van der Waals surface area contributed by atoms with Crippen molar-refractivity contribution in [1.82, 2.24) is 0 Å². The highest BCUT2D eigenvalue weighted by molar-refractivity contribution is 6.23. The monoisotopic (exact) mass is 323 g/mol. The van der Waals surface area contributed by atoms with Crippen molar-refractivity contribution in [2.75, 3.05) is 11.7 Å². The number of hydrogen-bond acceptors (Lipinski definition) is 4. The normalized spacial score (nSPS) is 32.1. The van der Waals surface area contributed by atoms with Crippen LogP contribution in [0.1, 0.15) is 13.8 Å². The van der Waals surface area contributed by atoms with Gasteiger partial charge in [-0.1, -0.05) is 23.3 Å². The van der Waals surface area contributed by atoms with Crippen LogP contribution >= 0.6 is 0 Å². The van der Waals surface area contributed by atoms with Crippen molar-refractivity contribution in [3.63, 3.8) is 0 Å². The zero-order chi connectivity index (χ0) is 16.6. The van der Waals surface area contributed by atoms with Gasteiger partial charge in [0.05, 0.1) is 17.5 Å². The first kappa shape index (κ1) is 13.8. The van der Waals surface area contributed by atoms with E-state index in [1.807, 2.05) is 0 Å². The van der Waals surface area contributed by atoms with Crippen LogP contribution < -0.4 is 14.4 Å². The fourth-order valence-electron chi connectivity index (χ4n) is 4.71. The second-order valence-corrected chi connectivity index (χ2v) is 6.99. The highest BCUT2D eigenvalue weighted by Gasteiger charge is 2.61. The molecule has 0 spiro atoms. The zero-order valence-corrected chi connectivity index (χ0v) is 13.5. The molecule has 2 bridgehead atoms. The Balaban J connectivity index is 1.56. The van der Waals surface area contributed by atoms with E-state index in [4.69, 9.17) is 9.47 Å². The molecule has 0 N–H and O–H groups in total. The SMILES string of the molecule is CC(C)=C1[C@@H]2C=C[C@@H]1[C@@H]1C(=O)N(c3ccc4c(c3)OCO4)C(=O)[C@H]12. The van der Waals surface area contributed by atoms with Gasteiger partial charge in [0.15, 0.2) is 11.5 Å². The largest absolute Gasteiger partial charge is 0.454 e. The van der Waals surface area contributed by atoms with Crippen molar-refractivity contribution in [1.29, 1.82) is 0 Å². The number of fused-ring (bicyclic) bond motifs is 6. The van der Waals surface area contributed by atoms with E-state index in [9.17, 15) is 9.59 Å². The molecule has 2 amide bonds. The predicted molar refractivity (Wildman–Crippen MR) is 86.5 cm³/mol. The van der Waals surface area contributed by atoms with Gasteiger partial charge in [-0.15, -0.1) is 0 Å². The van der Waals surface area contributed by atoms with Gasteiger partial charge in [-0.3, -0.25) is 9.59 Å². The number of hydrogen-bond donors (Lipinski definition) is 0. The number of nitrogens with zero attached hydrogens (tertiary/aromatic N) is 1. The molecule has 2 heterocycles. The van der Waals surface area contributed by atoms with Crippen LogP contribution in [0.2, 0.25) is 0 Å². The molecular formula is C19H17NO4. The van der Waals surface area contributed by atoms with Crippen LogP contribution in [0.15, 0.2) is 41.5 Å². The molecule has 4 atom stereocenters. The van der Waals surface area contributed by atoms with E-state index in [0.717, 1.165) is 0 Å². The van der Waals surface area contributed by atoms with Crippen LogP contribution in [0.25, 0.3) is 0 Å². The zero-order valence-electron chi connectivity index (χ0n) is 13.5. The Morgan fingerprint density at radius 1 is 1.00 bits per heavy atom. The molecule has 5 nitrogen and oxygen atoms in total. The van der Waals surface area contributed by atoms with Gasteiger partial charge in [-0.25, -0.2) is 4.90 Å². The summed E-state index contributed by atoms with van der Waals surface area (Å²) in [5, 5.41) is 0. The minimum Gasteiger partial charge on any atom is -0.454 e. The third-order valence-electron chi connectivity index (χ3n) is 5.61. The molecule has 1 aromatic carbocycles. The van der Waals surface area contributed by atoms with E-state index < -0.39 is 0 Å². The number of imide groups is 1. The van der Waals surface area contributed by atoms with Gasteiger partial charge < -0.3 is 9.47 Å². The molecule has 0 radical (unpaired) electrons. The highest BCUT2D eigenvalue weighted by atomic mass is 16.7. The summed E-state index contributed by atoms with van der Waals surface area (Å²) >= 11 is 0. The average Bonchev–Trinajstić information content (AvgIpc) is 3.29. The standard InChI is InChI=1S/C19H17NO4/c1-9(2)15-11-4-5-12(15)17-16(11)18(21)20(19(17)22)10-3-6-13-14(7-10)24-8-23-13/h3-7,11-12,16-17H,8H2,1-2H3/t11-,12-,16-,17-/m0/s1. The molecule has 2 fully saturated rings. The molecule has 5 rings (SSSR count). The van der Waals surface area contributed by atoms with Crippen molar-refractivity contribution in [2.45, 2.75) is 13.8 Å². The minimum absolute atomic E-state index is 0.0699. The van der Waals surface area contributed by atoms with Gasteiger partial charge in [0.25, 0.3) is 0 Å². The molecule has 4 aliphatic rings.